The first-order valence-electron chi connectivity index (χ1n) is 7.84. The third-order valence-corrected chi connectivity index (χ3v) is 3.47. The van der Waals surface area contributed by atoms with Crippen molar-refractivity contribution in [1.29, 1.82) is 0 Å². The van der Waals surface area contributed by atoms with Crippen molar-refractivity contribution in [3.63, 3.8) is 0 Å². The summed E-state index contributed by atoms with van der Waals surface area (Å²) >= 11 is 0. The van der Waals surface area contributed by atoms with E-state index in [9.17, 15) is 9.59 Å². The summed E-state index contributed by atoms with van der Waals surface area (Å²) in [6, 6.07) is 19.4. The fourth-order valence-corrected chi connectivity index (χ4v) is 2.08. The van der Waals surface area contributed by atoms with Crippen LogP contribution in [0.25, 0.3) is 0 Å². The fraction of sp³-hybridized carbons (Fsp3) is 0.211. The molecule has 0 aliphatic carbocycles. The number of carbonyl (C=O) groups is 2. The van der Waals surface area contributed by atoms with Crippen LogP contribution in [0.15, 0.2) is 65.8 Å². The monoisotopic (exact) mass is 323 g/mol. The summed E-state index contributed by atoms with van der Waals surface area (Å²) in [6.45, 7) is 2.13. The highest BCUT2D eigenvalue weighted by atomic mass is 16.2. The van der Waals surface area contributed by atoms with Crippen LogP contribution in [0.4, 0.5) is 0 Å². The largest absolute Gasteiger partial charge is 0.344 e. The van der Waals surface area contributed by atoms with Gasteiger partial charge >= 0.3 is 11.8 Å². The second kappa shape index (κ2) is 9.25. The van der Waals surface area contributed by atoms with Gasteiger partial charge in [0.15, 0.2) is 0 Å². The van der Waals surface area contributed by atoms with Crippen molar-refractivity contribution in [2.45, 2.75) is 26.3 Å². The highest BCUT2D eigenvalue weighted by molar-refractivity contribution is 6.35. The molecule has 0 aliphatic heterocycles. The Morgan fingerprint density at radius 2 is 1.46 bits per heavy atom. The minimum Gasteiger partial charge on any atom is -0.344 e. The maximum absolute atomic E-state index is 11.7. The molecule has 0 aliphatic rings. The molecule has 124 valence electrons. The molecule has 5 nitrogen and oxygen atoms in total. The molecule has 2 N–H and O–H groups in total. The van der Waals surface area contributed by atoms with Gasteiger partial charge in [-0.3, -0.25) is 9.59 Å². The van der Waals surface area contributed by atoms with Crippen molar-refractivity contribution in [3.8, 4) is 0 Å². The van der Waals surface area contributed by atoms with Crippen LogP contribution in [0.1, 0.15) is 24.5 Å². The van der Waals surface area contributed by atoms with E-state index in [2.05, 4.69) is 15.8 Å². The molecule has 0 heterocycles. The predicted molar refractivity (Wildman–Crippen MR) is 94.3 cm³/mol. The van der Waals surface area contributed by atoms with Gasteiger partial charge in [0.2, 0.25) is 0 Å². The summed E-state index contributed by atoms with van der Waals surface area (Å²) in [5, 5.41) is 6.53. The summed E-state index contributed by atoms with van der Waals surface area (Å²) in [6.07, 6.45) is 1.56. The second-order valence-corrected chi connectivity index (χ2v) is 5.44. The maximum atomic E-state index is 11.7. The molecular weight excluding hydrogens is 302 g/mol. The molecule has 2 aromatic carbocycles. The van der Waals surface area contributed by atoms with Crippen molar-refractivity contribution < 1.29 is 9.59 Å². The lowest BCUT2D eigenvalue weighted by Crippen LogP contribution is -2.37. The molecule has 0 fully saturated rings. The Morgan fingerprint density at radius 1 is 0.875 bits per heavy atom. The van der Waals surface area contributed by atoms with Gasteiger partial charge in [0, 0.05) is 12.3 Å². The number of nitrogens with one attached hydrogen (secondary N) is 2. The van der Waals surface area contributed by atoms with Crippen molar-refractivity contribution in [1.82, 2.24) is 10.7 Å². The number of amides is 2. The molecule has 0 aromatic heterocycles. The third-order valence-electron chi connectivity index (χ3n) is 3.47. The Balaban J connectivity index is 1.73. The average molecular weight is 323 g/mol. The van der Waals surface area contributed by atoms with E-state index in [4.69, 9.17) is 0 Å². The first-order chi connectivity index (χ1) is 11.6. The Bertz CT molecular complexity index is 697. The lowest BCUT2D eigenvalue weighted by atomic mass is 10.1. The molecule has 0 spiro atoms. The van der Waals surface area contributed by atoms with E-state index in [0.29, 0.717) is 6.54 Å². The number of hydrogen-bond donors (Lipinski definition) is 2. The van der Waals surface area contributed by atoms with E-state index in [1.807, 2.05) is 67.6 Å². The first kappa shape index (κ1) is 17.4. The van der Waals surface area contributed by atoms with Gasteiger partial charge in [-0.1, -0.05) is 60.7 Å². The van der Waals surface area contributed by atoms with Crippen LogP contribution in [0.2, 0.25) is 0 Å². The number of nitrogens with zero attached hydrogens (tertiary/aromatic N) is 1. The minimum atomic E-state index is -0.759. The molecule has 0 atom stereocenters. The van der Waals surface area contributed by atoms with Gasteiger partial charge < -0.3 is 5.32 Å². The normalized spacial score (nSPS) is 11.0. The van der Waals surface area contributed by atoms with Crippen molar-refractivity contribution in [2.24, 2.45) is 5.10 Å². The van der Waals surface area contributed by atoms with E-state index < -0.39 is 11.8 Å². The van der Waals surface area contributed by atoms with Crippen LogP contribution in [-0.2, 0) is 22.6 Å². The summed E-state index contributed by atoms with van der Waals surface area (Å²) in [5.74, 6) is -1.46. The Morgan fingerprint density at radius 3 is 2.08 bits per heavy atom. The Hall–Kier alpha value is -2.95. The highest BCUT2D eigenvalue weighted by Gasteiger charge is 2.12. The summed E-state index contributed by atoms with van der Waals surface area (Å²) in [7, 11) is 0. The van der Waals surface area contributed by atoms with Gasteiger partial charge in [-0.15, -0.1) is 0 Å². The van der Waals surface area contributed by atoms with Gasteiger partial charge in [-0.25, -0.2) is 5.43 Å². The first-order valence-corrected chi connectivity index (χ1v) is 7.84. The zero-order valence-corrected chi connectivity index (χ0v) is 13.7. The SMILES string of the molecule is CC(CCc1ccccc1)=NNC(=O)C(=O)NCc1ccccc1. The van der Waals surface area contributed by atoms with Crippen LogP contribution in [0.3, 0.4) is 0 Å². The van der Waals surface area contributed by atoms with Gasteiger partial charge in [0.1, 0.15) is 0 Å². The lowest BCUT2D eigenvalue weighted by molar-refractivity contribution is -0.139. The third kappa shape index (κ3) is 6.04. The van der Waals surface area contributed by atoms with Gasteiger partial charge in [0.05, 0.1) is 0 Å². The standard InChI is InChI=1S/C19H21N3O2/c1-15(12-13-16-8-4-2-5-9-16)21-22-19(24)18(23)20-14-17-10-6-3-7-11-17/h2-11H,12-14H2,1H3,(H,20,23)(H,22,24). The fourth-order valence-electron chi connectivity index (χ4n) is 2.08. The molecule has 0 radical (unpaired) electrons. The summed E-state index contributed by atoms with van der Waals surface area (Å²) < 4.78 is 0. The number of rotatable bonds is 6. The number of hydrazone groups is 1. The Labute approximate surface area is 141 Å². The molecule has 2 amide bonds. The van der Waals surface area contributed by atoms with E-state index in [1.54, 1.807) is 0 Å². The summed E-state index contributed by atoms with van der Waals surface area (Å²) in [4.78, 5) is 23.4. The van der Waals surface area contributed by atoms with Crippen LogP contribution < -0.4 is 10.7 Å². The van der Waals surface area contributed by atoms with Gasteiger partial charge in [-0.05, 0) is 30.9 Å². The van der Waals surface area contributed by atoms with Crippen LogP contribution in [-0.4, -0.2) is 17.5 Å². The zero-order valence-electron chi connectivity index (χ0n) is 13.7. The molecule has 0 bridgehead atoms. The molecule has 0 saturated heterocycles. The predicted octanol–water partition coefficient (Wildman–Crippen LogP) is 2.43. The summed E-state index contributed by atoms with van der Waals surface area (Å²) in [5.41, 5.74) is 5.20. The quantitative estimate of drug-likeness (QED) is 0.487. The number of benzene rings is 2. The van der Waals surface area contributed by atoms with E-state index >= 15 is 0 Å². The molecule has 2 aromatic rings. The van der Waals surface area contributed by atoms with Crippen molar-refractivity contribution in [2.75, 3.05) is 0 Å². The van der Waals surface area contributed by atoms with Crippen LogP contribution >= 0.6 is 0 Å². The number of aryl methyl sites for hydroxylation is 1. The lowest BCUT2D eigenvalue weighted by Gasteiger charge is -2.05. The topological polar surface area (TPSA) is 70.6 Å². The van der Waals surface area contributed by atoms with E-state index in [0.717, 1.165) is 24.1 Å². The Kier molecular flexibility index (Phi) is 6.71. The second-order valence-electron chi connectivity index (χ2n) is 5.44. The molecular formula is C19H21N3O2. The minimum absolute atomic E-state index is 0.309. The average Bonchev–Trinajstić information content (AvgIpc) is 2.64. The van der Waals surface area contributed by atoms with E-state index in [1.165, 1.54) is 5.56 Å². The number of hydrogen-bond acceptors (Lipinski definition) is 3. The number of carbonyl (C=O) groups excluding carboxylic acids is 2. The van der Waals surface area contributed by atoms with Crippen LogP contribution in [0, 0.1) is 0 Å². The molecule has 0 saturated carbocycles. The van der Waals surface area contributed by atoms with E-state index in [-0.39, 0.29) is 0 Å². The molecule has 5 heteroatoms. The molecule has 0 unspecified atom stereocenters. The van der Waals surface area contributed by atoms with Gasteiger partial charge in [0.25, 0.3) is 0 Å². The molecule has 24 heavy (non-hydrogen) atoms. The smallest absolute Gasteiger partial charge is 0.329 e. The van der Waals surface area contributed by atoms with Crippen LogP contribution in [0.5, 0.6) is 0 Å². The van der Waals surface area contributed by atoms with Gasteiger partial charge in [-0.2, -0.15) is 5.10 Å². The van der Waals surface area contributed by atoms with Crippen molar-refractivity contribution >= 4 is 17.5 Å². The maximum Gasteiger partial charge on any atom is 0.329 e. The highest BCUT2D eigenvalue weighted by Crippen LogP contribution is 2.03. The zero-order chi connectivity index (χ0) is 17.2. The molecule has 2 rings (SSSR count). The van der Waals surface area contributed by atoms with Crippen molar-refractivity contribution in [3.05, 3.63) is 71.8 Å².